The molecule has 0 heterocycles. The molecule has 1 amide bonds. The van der Waals surface area contributed by atoms with Crippen LogP contribution in [-0.4, -0.2) is 44.7 Å². The van der Waals surface area contributed by atoms with Gasteiger partial charge in [-0.25, -0.2) is 0 Å². The highest BCUT2D eigenvalue weighted by Gasteiger charge is 2.17. The highest BCUT2D eigenvalue weighted by atomic mass is 16.5. The zero-order chi connectivity index (χ0) is 19.6. The summed E-state index contributed by atoms with van der Waals surface area (Å²) < 4.78 is 11.3. The molecule has 1 unspecified atom stereocenters. The summed E-state index contributed by atoms with van der Waals surface area (Å²) in [5.41, 5.74) is 1.73. The quantitative estimate of drug-likeness (QED) is 0.689. The summed E-state index contributed by atoms with van der Waals surface area (Å²) in [5, 5.41) is 3.03. The molecule has 27 heavy (non-hydrogen) atoms. The van der Waals surface area contributed by atoms with Gasteiger partial charge in [-0.3, -0.25) is 4.79 Å². The van der Waals surface area contributed by atoms with Gasteiger partial charge in [-0.05, 0) is 51.2 Å². The van der Waals surface area contributed by atoms with E-state index in [-0.39, 0.29) is 11.9 Å². The Balaban J connectivity index is 2.09. The lowest BCUT2D eigenvalue weighted by Crippen LogP contribution is -2.34. The van der Waals surface area contributed by atoms with E-state index in [1.807, 2.05) is 39.2 Å². The Morgan fingerprint density at radius 3 is 2.41 bits per heavy atom. The fraction of sp³-hybridized carbons (Fsp3) is 0.409. The number of ether oxygens (including phenoxy) is 2. The molecule has 2 rings (SSSR count). The zero-order valence-electron chi connectivity index (χ0n) is 16.7. The van der Waals surface area contributed by atoms with Crippen LogP contribution in [0.1, 0.15) is 42.2 Å². The third-order valence-electron chi connectivity index (χ3n) is 4.23. The molecule has 5 heteroatoms. The van der Waals surface area contributed by atoms with E-state index in [9.17, 15) is 4.79 Å². The minimum Gasteiger partial charge on any atom is -0.490 e. The van der Waals surface area contributed by atoms with Crippen LogP contribution in [-0.2, 0) is 0 Å². The summed E-state index contributed by atoms with van der Waals surface area (Å²) in [6, 6.07) is 15.6. The molecule has 2 aromatic rings. The minimum absolute atomic E-state index is 0.105. The molecule has 146 valence electrons. The van der Waals surface area contributed by atoms with Gasteiger partial charge in [-0.1, -0.05) is 37.3 Å². The first-order valence-electron chi connectivity index (χ1n) is 9.46. The molecular formula is C22H30N2O3. The number of nitrogens with zero attached hydrogens (tertiary/aromatic N) is 1. The number of benzene rings is 2. The number of likely N-dealkylation sites (N-methyl/N-ethyl adjacent to an activating group) is 1. The lowest BCUT2D eigenvalue weighted by atomic mass is 10.1. The highest BCUT2D eigenvalue weighted by Crippen LogP contribution is 2.28. The van der Waals surface area contributed by atoms with Crippen molar-refractivity contribution in [3.05, 3.63) is 59.7 Å². The van der Waals surface area contributed by atoms with E-state index in [0.29, 0.717) is 36.8 Å². The SMILES string of the molecule is CCCOc1ccc(C(=O)NCC(c2ccccc2)N(C)C)cc1OCC. The van der Waals surface area contributed by atoms with Gasteiger partial charge in [0.2, 0.25) is 0 Å². The van der Waals surface area contributed by atoms with Crippen LogP contribution < -0.4 is 14.8 Å². The lowest BCUT2D eigenvalue weighted by molar-refractivity contribution is 0.0941. The molecule has 0 aliphatic rings. The van der Waals surface area contributed by atoms with E-state index in [1.54, 1.807) is 18.2 Å². The second kappa shape index (κ2) is 10.6. The summed E-state index contributed by atoms with van der Waals surface area (Å²) in [6.45, 7) is 5.62. The third kappa shape index (κ3) is 6.00. The summed E-state index contributed by atoms with van der Waals surface area (Å²) in [6.07, 6.45) is 0.916. The highest BCUT2D eigenvalue weighted by molar-refractivity contribution is 5.94. The van der Waals surface area contributed by atoms with Gasteiger partial charge in [-0.2, -0.15) is 0 Å². The Bertz CT molecular complexity index is 717. The second-order valence-electron chi connectivity index (χ2n) is 6.54. The minimum atomic E-state index is -0.124. The van der Waals surface area contributed by atoms with E-state index in [4.69, 9.17) is 9.47 Å². The number of carbonyl (C=O) groups is 1. The van der Waals surface area contributed by atoms with E-state index in [2.05, 4.69) is 29.3 Å². The molecule has 1 atom stereocenters. The lowest BCUT2D eigenvalue weighted by Gasteiger charge is -2.25. The van der Waals surface area contributed by atoms with Gasteiger partial charge in [0.25, 0.3) is 5.91 Å². The molecule has 0 spiro atoms. The van der Waals surface area contributed by atoms with Crippen molar-refractivity contribution in [3.63, 3.8) is 0 Å². The molecule has 0 saturated heterocycles. The summed E-state index contributed by atoms with van der Waals surface area (Å²) in [7, 11) is 4.02. The number of rotatable bonds is 10. The third-order valence-corrected chi connectivity index (χ3v) is 4.23. The van der Waals surface area contributed by atoms with Crippen molar-refractivity contribution in [2.24, 2.45) is 0 Å². The van der Waals surface area contributed by atoms with Crippen molar-refractivity contribution < 1.29 is 14.3 Å². The predicted octanol–water partition coefficient (Wildman–Crippen LogP) is 3.91. The molecule has 1 N–H and O–H groups in total. The smallest absolute Gasteiger partial charge is 0.251 e. The number of carbonyl (C=O) groups excluding carboxylic acids is 1. The van der Waals surface area contributed by atoms with Gasteiger partial charge in [0, 0.05) is 12.1 Å². The molecule has 0 aromatic heterocycles. The van der Waals surface area contributed by atoms with Gasteiger partial charge in [-0.15, -0.1) is 0 Å². The molecular weight excluding hydrogens is 340 g/mol. The maximum absolute atomic E-state index is 12.7. The predicted molar refractivity (Wildman–Crippen MR) is 109 cm³/mol. The summed E-state index contributed by atoms with van der Waals surface area (Å²) in [5.74, 6) is 1.15. The maximum Gasteiger partial charge on any atom is 0.251 e. The molecule has 0 aliphatic carbocycles. The second-order valence-corrected chi connectivity index (χ2v) is 6.54. The van der Waals surface area contributed by atoms with Crippen molar-refractivity contribution in [2.45, 2.75) is 26.3 Å². The van der Waals surface area contributed by atoms with Crippen molar-refractivity contribution >= 4 is 5.91 Å². The molecule has 0 bridgehead atoms. The number of amides is 1. The Hall–Kier alpha value is -2.53. The van der Waals surface area contributed by atoms with Gasteiger partial charge < -0.3 is 19.7 Å². The Morgan fingerprint density at radius 2 is 1.78 bits per heavy atom. The Kier molecular flexibility index (Phi) is 8.14. The molecule has 0 radical (unpaired) electrons. The van der Waals surface area contributed by atoms with Crippen LogP contribution in [0.3, 0.4) is 0 Å². The van der Waals surface area contributed by atoms with Gasteiger partial charge in [0.1, 0.15) is 0 Å². The van der Waals surface area contributed by atoms with Crippen LogP contribution in [0.15, 0.2) is 48.5 Å². The van der Waals surface area contributed by atoms with E-state index in [1.165, 1.54) is 5.56 Å². The normalized spacial score (nSPS) is 11.9. The number of hydrogen-bond donors (Lipinski definition) is 1. The van der Waals surface area contributed by atoms with E-state index >= 15 is 0 Å². The van der Waals surface area contributed by atoms with Crippen LogP contribution in [0.25, 0.3) is 0 Å². The Labute approximate surface area is 162 Å². The van der Waals surface area contributed by atoms with E-state index in [0.717, 1.165) is 6.42 Å². The monoisotopic (exact) mass is 370 g/mol. The van der Waals surface area contributed by atoms with Gasteiger partial charge in [0.15, 0.2) is 11.5 Å². The molecule has 0 aliphatic heterocycles. The molecule has 0 saturated carbocycles. The van der Waals surface area contributed by atoms with Crippen LogP contribution in [0, 0.1) is 0 Å². The first-order valence-corrected chi connectivity index (χ1v) is 9.46. The average Bonchev–Trinajstić information content (AvgIpc) is 2.67. The first kappa shape index (κ1) is 20.8. The fourth-order valence-corrected chi connectivity index (χ4v) is 2.81. The summed E-state index contributed by atoms with van der Waals surface area (Å²) in [4.78, 5) is 14.8. The van der Waals surface area contributed by atoms with Crippen molar-refractivity contribution in [1.82, 2.24) is 10.2 Å². The van der Waals surface area contributed by atoms with Crippen molar-refractivity contribution in [1.29, 1.82) is 0 Å². The van der Waals surface area contributed by atoms with Gasteiger partial charge >= 0.3 is 0 Å². The van der Waals surface area contributed by atoms with Crippen LogP contribution >= 0.6 is 0 Å². The van der Waals surface area contributed by atoms with Gasteiger partial charge in [0.05, 0.1) is 19.3 Å². The molecule has 0 fully saturated rings. The van der Waals surface area contributed by atoms with Crippen molar-refractivity contribution in [3.8, 4) is 11.5 Å². The van der Waals surface area contributed by atoms with Crippen molar-refractivity contribution in [2.75, 3.05) is 33.9 Å². The fourth-order valence-electron chi connectivity index (χ4n) is 2.81. The molecule has 5 nitrogen and oxygen atoms in total. The van der Waals surface area contributed by atoms with Crippen LogP contribution in [0.4, 0.5) is 0 Å². The van der Waals surface area contributed by atoms with Crippen LogP contribution in [0.5, 0.6) is 11.5 Å². The summed E-state index contributed by atoms with van der Waals surface area (Å²) >= 11 is 0. The largest absolute Gasteiger partial charge is 0.490 e. The molecule has 2 aromatic carbocycles. The number of nitrogens with one attached hydrogen (secondary N) is 1. The van der Waals surface area contributed by atoms with Crippen LogP contribution in [0.2, 0.25) is 0 Å². The first-order chi connectivity index (χ1) is 13.1. The zero-order valence-corrected chi connectivity index (χ0v) is 16.7. The topological polar surface area (TPSA) is 50.8 Å². The Morgan fingerprint density at radius 1 is 1.04 bits per heavy atom. The average molecular weight is 370 g/mol. The van der Waals surface area contributed by atoms with E-state index < -0.39 is 0 Å². The maximum atomic E-state index is 12.7. The number of hydrogen-bond acceptors (Lipinski definition) is 4. The standard InChI is InChI=1S/C22H30N2O3/c1-5-14-27-20-13-12-18(15-21(20)26-6-2)22(25)23-16-19(24(3)4)17-10-8-7-9-11-17/h7-13,15,19H,5-6,14,16H2,1-4H3,(H,23,25).